The van der Waals surface area contributed by atoms with Gasteiger partial charge in [-0.05, 0) is 43.0 Å². The molecule has 1 saturated heterocycles. The SMILES string of the molecule is O=C(/C=C/c1ccccc1)NC1(C(=O)N[C@H](Cc2ccccc2)C(=O)NCCCN2CCOCC2)CCCC1. The van der Waals surface area contributed by atoms with Crippen LogP contribution in [0.4, 0.5) is 0 Å². The van der Waals surface area contributed by atoms with E-state index in [1.54, 1.807) is 6.08 Å². The molecule has 1 heterocycles. The fourth-order valence-corrected chi connectivity index (χ4v) is 5.22. The summed E-state index contributed by atoms with van der Waals surface area (Å²) >= 11 is 0. The predicted octanol–water partition coefficient (Wildman–Crippen LogP) is 2.69. The minimum Gasteiger partial charge on any atom is -0.379 e. The van der Waals surface area contributed by atoms with Crippen LogP contribution in [0.1, 0.15) is 43.2 Å². The number of rotatable bonds is 12. The average molecular weight is 533 g/mol. The van der Waals surface area contributed by atoms with Gasteiger partial charge in [0.1, 0.15) is 11.6 Å². The van der Waals surface area contributed by atoms with Crippen LogP contribution in [0.15, 0.2) is 66.7 Å². The van der Waals surface area contributed by atoms with Crippen molar-refractivity contribution in [1.29, 1.82) is 0 Å². The molecular weight excluding hydrogens is 492 g/mol. The number of morpholine rings is 1. The van der Waals surface area contributed by atoms with Gasteiger partial charge in [0.2, 0.25) is 17.7 Å². The van der Waals surface area contributed by atoms with Gasteiger partial charge in [-0.15, -0.1) is 0 Å². The third-order valence-electron chi connectivity index (χ3n) is 7.44. The van der Waals surface area contributed by atoms with Crippen LogP contribution in [-0.4, -0.2) is 73.6 Å². The molecule has 8 heteroatoms. The zero-order valence-electron chi connectivity index (χ0n) is 22.6. The Kier molecular flexibility index (Phi) is 10.7. The minimum atomic E-state index is -1.02. The molecule has 4 rings (SSSR count). The van der Waals surface area contributed by atoms with Crippen LogP contribution in [0.5, 0.6) is 0 Å². The van der Waals surface area contributed by atoms with Gasteiger partial charge in [-0.1, -0.05) is 73.5 Å². The van der Waals surface area contributed by atoms with Gasteiger partial charge in [-0.25, -0.2) is 0 Å². The molecule has 39 heavy (non-hydrogen) atoms. The van der Waals surface area contributed by atoms with Crippen LogP contribution in [-0.2, 0) is 25.5 Å². The van der Waals surface area contributed by atoms with Crippen molar-refractivity contribution >= 4 is 23.8 Å². The third-order valence-corrected chi connectivity index (χ3v) is 7.44. The lowest BCUT2D eigenvalue weighted by Gasteiger charge is -2.31. The summed E-state index contributed by atoms with van der Waals surface area (Å²) in [4.78, 5) is 42.1. The van der Waals surface area contributed by atoms with Crippen molar-refractivity contribution < 1.29 is 19.1 Å². The second-order valence-corrected chi connectivity index (χ2v) is 10.3. The van der Waals surface area contributed by atoms with E-state index in [1.807, 2.05) is 60.7 Å². The number of nitrogens with one attached hydrogen (secondary N) is 3. The molecule has 0 aromatic heterocycles. The van der Waals surface area contributed by atoms with Gasteiger partial charge in [0, 0.05) is 32.1 Å². The van der Waals surface area contributed by atoms with E-state index in [9.17, 15) is 14.4 Å². The van der Waals surface area contributed by atoms with Crippen LogP contribution >= 0.6 is 0 Å². The smallest absolute Gasteiger partial charge is 0.246 e. The molecule has 3 amide bonds. The quantitative estimate of drug-likeness (QED) is 0.288. The molecule has 3 N–H and O–H groups in total. The molecule has 0 radical (unpaired) electrons. The summed E-state index contributed by atoms with van der Waals surface area (Å²) in [6.45, 7) is 4.74. The molecule has 2 aliphatic rings. The van der Waals surface area contributed by atoms with E-state index in [0.717, 1.165) is 63.2 Å². The summed E-state index contributed by atoms with van der Waals surface area (Å²) in [5, 5.41) is 8.99. The molecule has 1 aliphatic carbocycles. The van der Waals surface area contributed by atoms with E-state index in [0.29, 0.717) is 25.8 Å². The molecule has 2 aromatic rings. The zero-order chi connectivity index (χ0) is 27.3. The fraction of sp³-hybridized carbons (Fsp3) is 0.452. The third kappa shape index (κ3) is 8.76. The molecule has 0 bridgehead atoms. The first-order valence-electron chi connectivity index (χ1n) is 14.0. The lowest BCUT2D eigenvalue weighted by molar-refractivity contribution is -0.135. The Balaban J connectivity index is 1.38. The first kappa shape index (κ1) is 28.5. The molecule has 0 spiro atoms. The highest BCUT2D eigenvalue weighted by Crippen LogP contribution is 2.30. The predicted molar refractivity (Wildman–Crippen MR) is 152 cm³/mol. The maximum absolute atomic E-state index is 13.7. The highest BCUT2D eigenvalue weighted by molar-refractivity contribution is 5.99. The number of carbonyl (C=O) groups excluding carboxylic acids is 3. The van der Waals surface area contributed by atoms with Gasteiger partial charge in [0.15, 0.2) is 0 Å². The second-order valence-electron chi connectivity index (χ2n) is 10.3. The van der Waals surface area contributed by atoms with E-state index < -0.39 is 11.6 Å². The van der Waals surface area contributed by atoms with Crippen molar-refractivity contribution in [3.8, 4) is 0 Å². The van der Waals surface area contributed by atoms with Crippen LogP contribution in [0, 0.1) is 0 Å². The molecule has 1 aliphatic heterocycles. The standard InChI is InChI=1S/C31H40N4O4/c36-28(15-14-25-10-3-1-4-11-25)34-31(16-7-8-17-31)30(38)33-27(24-26-12-5-2-6-13-26)29(37)32-18-9-19-35-20-22-39-23-21-35/h1-6,10-15,27H,7-9,16-24H2,(H,32,37)(H,33,38)(H,34,36)/b15-14+/t27-/m1/s1. The Hall–Kier alpha value is -3.49. The van der Waals surface area contributed by atoms with Crippen molar-refractivity contribution in [3.05, 3.63) is 77.9 Å². The van der Waals surface area contributed by atoms with Crippen LogP contribution in [0.3, 0.4) is 0 Å². The van der Waals surface area contributed by atoms with Crippen LogP contribution in [0.25, 0.3) is 6.08 Å². The second kappa shape index (κ2) is 14.6. The van der Waals surface area contributed by atoms with E-state index in [2.05, 4.69) is 20.9 Å². The largest absolute Gasteiger partial charge is 0.379 e. The number of ether oxygens (including phenoxy) is 1. The molecule has 1 atom stereocenters. The summed E-state index contributed by atoms with van der Waals surface area (Å²) < 4.78 is 5.40. The number of nitrogens with zero attached hydrogens (tertiary/aromatic N) is 1. The summed E-state index contributed by atoms with van der Waals surface area (Å²) in [5.74, 6) is -0.827. The number of carbonyl (C=O) groups is 3. The summed E-state index contributed by atoms with van der Waals surface area (Å²) in [6, 6.07) is 18.5. The molecular formula is C31H40N4O4. The van der Waals surface area contributed by atoms with E-state index in [-0.39, 0.29) is 17.7 Å². The molecule has 208 valence electrons. The van der Waals surface area contributed by atoms with E-state index in [1.165, 1.54) is 6.08 Å². The summed E-state index contributed by atoms with van der Waals surface area (Å²) in [7, 11) is 0. The first-order chi connectivity index (χ1) is 19.0. The van der Waals surface area contributed by atoms with Crippen LogP contribution < -0.4 is 16.0 Å². The van der Waals surface area contributed by atoms with Crippen molar-refractivity contribution in [3.63, 3.8) is 0 Å². The Labute approximate surface area is 231 Å². The van der Waals surface area contributed by atoms with Gasteiger partial charge in [-0.3, -0.25) is 19.3 Å². The lowest BCUT2D eigenvalue weighted by atomic mass is 9.94. The Bertz CT molecular complexity index is 1090. The summed E-state index contributed by atoms with van der Waals surface area (Å²) in [5.41, 5.74) is 0.844. The maximum atomic E-state index is 13.7. The molecule has 2 aromatic carbocycles. The number of hydrogen-bond donors (Lipinski definition) is 3. The van der Waals surface area contributed by atoms with Gasteiger partial charge in [-0.2, -0.15) is 0 Å². The highest BCUT2D eigenvalue weighted by atomic mass is 16.5. The van der Waals surface area contributed by atoms with Crippen LogP contribution in [0.2, 0.25) is 0 Å². The molecule has 2 fully saturated rings. The lowest BCUT2D eigenvalue weighted by Crippen LogP contribution is -2.61. The number of hydrogen-bond acceptors (Lipinski definition) is 5. The molecule has 0 unspecified atom stereocenters. The zero-order valence-corrected chi connectivity index (χ0v) is 22.6. The molecule has 8 nitrogen and oxygen atoms in total. The number of benzene rings is 2. The number of amides is 3. The van der Waals surface area contributed by atoms with Gasteiger partial charge >= 0.3 is 0 Å². The van der Waals surface area contributed by atoms with Crippen molar-refractivity contribution in [1.82, 2.24) is 20.9 Å². The van der Waals surface area contributed by atoms with Crippen molar-refractivity contribution in [2.75, 3.05) is 39.4 Å². The van der Waals surface area contributed by atoms with Crippen molar-refractivity contribution in [2.24, 2.45) is 0 Å². The topological polar surface area (TPSA) is 99.8 Å². The molecule has 1 saturated carbocycles. The fourth-order valence-electron chi connectivity index (χ4n) is 5.22. The Morgan fingerprint density at radius 2 is 1.62 bits per heavy atom. The Morgan fingerprint density at radius 3 is 2.31 bits per heavy atom. The Morgan fingerprint density at radius 1 is 0.949 bits per heavy atom. The van der Waals surface area contributed by atoms with E-state index in [4.69, 9.17) is 4.74 Å². The van der Waals surface area contributed by atoms with Crippen molar-refractivity contribution in [2.45, 2.75) is 50.1 Å². The summed E-state index contributed by atoms with van der Waals surface area (Å²) in [6.07, 6.45) is 7.17. The maximum Gasteiger partial charge on any atom is 0.246 e. The van der Waals surface area contributed by atoms with E-state index >= 15 is 0 Å². The minimum absolute atomic E-state index is 0.211. The monoisotopic (exact) mass is 532 g/mol. The van der Waals surface area contributed by atoms with Gasteiger partial charge in [0.05, 0.1) is 13.2 Å². The first-order valence-corrected chi connectivity index (χ1v) is 14.0. The van der Waals surface area contributed by atoms with Gasteiger partial charge in [0.25, 0.3) is 0 Å². The van der Waals surface area contributed by atoms with Gasteiger partial charge < -0.3 is 20.7 Å². The normalized spacial score (nSPS) is 17.9. The average Bonchev–Trinajstić information content (AvgIpc) is 3.45. The highest BCUT2D eigenvalue weighted by Gasteiger charge is 2.43.